The zero-order chi connectivity index (χ0) is 10.9. The van der Waals surface area contributed by atoms with Gasteiger partial charge in [0.1, 0.15) is 5.56 Å². The van der Waals surface area contributed by atoms with Gasteiger partial charge in [0.15, 0.2) is 0 Å². The molecule has 7 heteroatoms. The van der Waals surface area contributed by atoms with Crippen LogP contribution in [0.4, 0.5) is 13.2 Å². The van der Waals surface area contributed by atoms with E-state index in [4.69, 9.17) is 0 Å². The number of methoxy groups -OCH3 is 1. The Kier molecular flexibility index (Phi) is 2.50. The number of hydrogen-bond donors (Lipinski definition) is 0. The summed E-state index contributed by atoms with van der Waals surface area (Å²) < 4.78 is 44.8. The van der Waals surface area contributed by atoms with E-state index in [1.54, 1.807) is 0 Å². The predicted molar refractivity (Wildman–Crippen MR) is 37.6 cm³/mol. The molecule has 0 N–H and O–H groups in total. The van der Waals surface area contributed by atoms with E-state index >= 15 is 0 Å². The number of alkyl halides is 3. The normalized spacial score (nSPS) is 11.5. The number of aryl methyl sites for hydroxylation is 1. The second-order valence-electron chi connectivity index (χ2n) is 2.46. The van der Waals surface area contributed by atoms with Crippen molar-refractivity contribution in [3.63, 3.8) is 0 Å². The molecule has 0 unspecified atom stereocenters. The van der Waals surface area contributed by atoms with Crippen LogP contribution in [0.1, 0.15) is 21.8 Å². The first-order valence-corrected chi connectivity index (χ1v) is 3.49. The highest BCUT2D eigenvalue weighted by Crippen LogP contribution is 2.33. The average molecular weight is 209 g/mol. The maximum atomic E-state index is 12.2. The maximum absolute atomic E-state index is 12.2. The summed E-state index contributed by atoms with van der Waals surface area (Å²) in [6, 6.07) is 0. The van der Waals surface area contributed by atoms with Gasteiger partial charge in [-0.3, -0.25) is 0 Å². The van der Waals surface area contributed by atoms with Gasteiger partial charge in [-0.1, -0.05) is 5.16 Å². The fourth-order valence-corrected chi connectivity index (χ4v) is 0.906. The third-order valence-electron chi connectivity index (χ3n) is 1.51. The molecule has 0 aromatic carbocycles. The Labute approximate surface area is 76.6 Å². The van der Waals surface area contributed by atoms with Gasteiger partial charge in [-0.05, 0) is 6.92 Å². The van der Waals surface area contributed by atoms with E-state index in [9.17, 15) is 18.0 Å². The number of carbonyl (C=O) groups excluding carboxylic acids is 1. The smallest absolute Gasteiger partial charge is 0.453 e. The monoisotopic (exact) mass is 209 g/mol. The first-order chi connectivity index (χ1) is 6.38. The molecule has 0 fully saturated rings. The van der Waals surface area contributed by atoms with Crippen LogP contribution in [0.3, 0.4) is 0 Å². The van der Waals surface area contributed by atoms with Crippen molar-refractivity contribution in [3.05, 3.63) is 17.0 Å². The summed E-state index contributed by atoms with van der Waals surface area (Å²) in [6.45, 7) is 1.23. The Bertz CT molecular complexity index is 356. The zero-order valence-corrected chi connectivity index (χ0v) is 7.31. The van der Waals surface area contributed by atoms with Crippen LogP contribution in [0.25, 0.3) is 0 Å². The van der Waals surface area contributed by atoms with E-state index < -0.39 is 23.5 Å². The third-order valence-corrected chi connectivity index (χ3v) is 1.51. The number of esters is 1. The molecule has 0 atom stereocenters. The minimum atomic E-state index is -4.75. The summed E-state index contributed by atoms with van der Waals surface area (Å²) in [6.07, 6.45) is -4.75. The Morgan fingerprint density at radius 3 is 2.50 bits per heavy atom. The average Bonchev–Trinajstić information content (AvgIpc) is 2.45. The fraction of sp³-hybridized carbons (Fsp3) is 0.429. The van der Waals surface area contributed by atoms with Gasteiger partial charge in [-0.15, -0.1) is 0 Å². The van der Waals surface area contributed by atoms with Gasteiger partial charge in [0.05, 0.1) is 12.8 Å². The summed E-state index contributed by atoms with van der Waals surface area (Å²) in [4.78, 5) is 10.9. The maximum Gasteiger partial charge on any atom is 0.453 e. The summed E-state index contributed by atoms with van der Waals surface area (Å²) in [5, 5.41) is 3.06. The lowest BCUT2D eigenvalue weighted by molar-refractivity contribution is -0.156. The molecule has 14 heavy (non-hydrogen) atoms. The lowest BCUT2D eigenvalue weighted by Gasteiger charge is -2.03. The first kappa shape index (κ1) is 10.6. The number of aromatic nitrogens is 1. The Morgan fingerprint density at radius 2 is 2.07 bits per heavy atom. The van der Waals surface area contributed by atoms with Crippen molar-refractivity contribution in [2.45, 2.75) is 13.1 Å². The van der Waals surface area contributed by atoms with Gasteiger partial charge >= 0.3 is 12.1 Å². The van der Waals surface area contributed by atoms with Gasteiger partial charge < -0.3 is 9.26 Å². The number of halogens is 3. The van der Waals surface area contributed by atoms with Crippen LogP contribution in [0.5, 0.6) is 0 Å². The molecule has 0 saturated carbocycles. The van der Waals surface area contributed by atoms with Crippen LogP contribution in [-0.2, 0) is 10.9 Å². The summed E-state index contributed by atoms with van der Waals surface area (Å²) in [5.74, 6) is -2.54. The molecule has 1 rings (SSSR count). The second-order valence-corrected chi connectivity index (χ2v) is 2.46. The van der Waals surface area contributed by atoms with Crippen molar-refractivity contribution in [2.75, 3.05) is 7.11 Å². The highest BCUT2D eigenvalue weighted by Gasteiger charge is 2.42. The molecule has 0 aliphatic heterocycles. The zero-order valence-electron chi connectivity index (χ0n) is 7.31. The molecule has 0 aliphatic rings. The van der Waals surface area contributed by atoms with Gasteiger partial charge in [0.2, 0.25) is 0 Å². The second kappa shape index (κ2) is 3.32. The molecule has 0 radical (unpaired) electrons. The first-order valence-electron chi connectivity index (χ1n) is 3.49. The van der Waals surface area contributed by atoms with Gasteiger partial charge in [0, 0.05) is 0 Å². The van der Waals surface area contributed by atoms with Gasteiger partial charge in [-0.25, -0.2) is 4.79 Å². The molecule has 0 saturated heterocycles. The van der Waals surface area contributed by atoms with Crippen LogP contribution < -0.4 is 0 Å². The molecule has 1 aromatic heterocycles. The van der Waals surface area contributed by atoms with Crippen molar-refractivity contribution >= 4 is 5.97 Å². The minimum Gasteiger partial charge on any atom is -0.465 e. The van der Waals surface area contributed by atoms with E-state index in [-0.39, 0.29) is 5.69 Å². The number of carbonyl (C=O) groups is 1. The van der Waals surface area contributed by atoms with Crippen molar-refractivity contribution in [2.24, 2.45) is 0 Å². The van der Waals surface area contributed by atoms with Crippen molar-refractivity contribution < 1.29 is 27.2 Å². The molecule has 78 valence electrons. The van der Waals surface area contributed by atoms with Crippen molar-refractivity contribution in [3.8, 4) is 0 Å². The van der Waals surface area contributed by atoms with Crippen molar-refractivity contribution in [1.82, 2.24) is 5.16 Å². The molecule has 0 amide bonds. The molecule has 0 aliphatic carbocycles. The Morgan fingerprint density at radius 1 is 1.50 bits per heavy atom. The summed E-state index contributed by atoms with van der Waals surface area (Å²) in [7, 11) is 0.981. The van der Waals surface area contributed by atoms with Crippen LogP contribution in [-0.4, -0.2) is 18.2 Å². The predicted octanol–water partition coefficient (Wildman–Crippen LogP) is 1.79. The topological polar surface area (TPSA) is 52.3 Å². The molecule has 0 spiro atoms. The lowest BCUT2D eigenvalue weighted by Crippen LogP contribution is -2.12. The summed E-state index contributed by atoms with van der Waals surface area (Å²) in [5.41, 5.74) is -0.829. The molecular weight excluding hydrogens is 203 g/mol. The number of hydrogen-bond acceptors (Lipinski definition) is 4. The lowest BCUT2D eigenvalue weighted by atomic mass is 10.2. The third kappa shape index (κ3) is 1.70. The standard InChI is InChI=1S/C7H6F3NO3/c1-3-4(6(12)13-2)5(14-11-3)7(8,9)10/h1-2H3. The van der Waals surface area contributed by atoms with Gasteiger partial charge in [0.25, 0.3) is 5.76 Å². The minimum absolute atomic E-state index is 0.149. The SMILES string of the molecule is COC(=O)c1c(C)noc1C(F)(F)F. The van der Waals surface area contributed by atoms with Crippen LogP contribution in [0, 0.1) is 6.92 Å². The van der Waals surface area contributed by atoms with Crippen molar-refractivity contribution in [1.29, 1.82) is 0 Å². The molecule has 4 nitrogen and oxygen atoms in total. The molecule has 0 bridgehead atoms. The Balaban J connectivity index is 3.26. The quantitative estimate of drug-likeness (QED) is 0.661. The molecule has 1 heterocycles. The number of ether oxygens (including phenoxy) is 1. The molecule has 1 aromatic rings. The number of rotatable bonds is 1. The van der Waals surface area contributed by atoms with E-state index in [0.717, 1.165) is 7.11 Å². The van der Waals surface area contributed by atoms with E-state index in [2.05, 4.69) is 14.4 Å². The van der Waals surface area contributed by atoms with E-state index in [1.807, 2.05) is 0 Å². The highest BCUT2D eigenvalue weighted by molar-refractivity contribution is 5.91. The van der Waals surface area contributed by atoms with Gasteiger partial charge in [-0.2, -0.15) is 13.2 Å². The van der Waals surface area contributed by atoms with Crippen LogP contribution >= 0.6 is 0 Å². The van der Waals surface area contributed by atoms with E-state index in [1.165, 1.54) is 6.92 Å². The molecular formula is C7H6F3NO3. The fourth-order valence-electron chi connectivity index (χ4n) is 0.906. The van der Waals surface area contributed by atoms with Crippen LogP contribution in [0.15, 0.2) is 4.52 Å². The summed E-state index contributed by atoms with van der Waals surface area (Å²) >= 11 is 0. The number of nitrogens with zero attached hydrogens (tertiary/aromatic N) is 1. The Hall–Kier alpha value is -1.53. The van der Waals surface area contributed by atoms with Crippen LogP contribution in [0.2, 0.25) is 0 Å². The van der Waals surface area contributed by atoms with E-state index in [0.29, 0.717) is 0 Å². The highest BCUT2D eigenvalue weighted by atomic mass is 19.4. The largest absolute Gasteiger partial charge is 0.465 e.